The topological polar surface area (TPSA) is 138 Å². The fourth-order valence-electron chi connectivity index (χ4n) is 1.96. The molecule has 24 heavy (non-hydrogen) atoms. The summed E-state index contributed by atoms with van der Waals surface area (Å²) in [4.78, 5) is 19.9. The molecule has 0 radical (unpaired) electrons. The number of nitrogens with two attached hydrogens (primary N) is 2. The first kappa shape index (κ1) is 18.9. The molecule has 0 amide bonds. The molecule has 2 aromatic rings. The Morgan fingerprint density at radius 1 is 0.667 bits per heavy atom. The molecule has 0 saturated carbocycles. The molecule has 0 aromatic heterocycles. The molecule has 2 rings (SSSR count). The average Bonchev–Trinajstić information content (AvgIpc) is 2.46. The number of anilines is 2. The Kier molecular flexibility index (Phi) is 5.83. The summed E-state index contributed by atoms with van der Waals surface area (Å²) in [6.45, 7) is 7.38. The second kappa shape index (κ2) is 7.40. The highest BCUT2D eigenvalue weighted by Crippen LogP contribution is 2.25. The number of benzene rings is 2. The summed E-state index contributed by atoms with van der Waals surface area (Å²) in [6, 6.07) is 6.22. The minimum absolute atomic E-state index is 0.0156. The maximum atomic E-state index is 10.4. The normalized spacial score (nSPS) is 9.83. The van der Waals surface area contributed by atoms with Crippen molar-refractivity contribution in [1.29, 1.82) is 0 Å². The second-order valence-corrected chi connectivity index (χ2v) is 5.50. The Bertz CT molecular complexity index is 736. The molecular weight excluding hydrogens is 312 g/mol. The molecular formula is C16H20N4O4. The number of nitrogen functional groups attached to an aromatic ring is 2. The van der Waals surface area contributed by atoms with Crippen LogP contribution in [-0.2, 0) is 0 Å². The van der Waals surface area contributed by atoms with E-state index >= 15 is 0 Å². The average molecular weight is 332 g/mol. The maximum Gasteiger partial charge on any atom is 0.292 e. The van der Waals surface area contributed by atoms with Crippen molar-refractivity contribution >= 4 is 22.7 Å². The van der Waals surface area contributed by atoms with Crippen LogP contribution in [-0.4, -0.2) is 9.85 Å². The molecule has 2 aromatic carbocycles. The van der Waals surface area contributed by atoms with E-state index < -0.39 is 9.85 Å². The summed E-state index contributed by atoms with van der Waals surface area (Å²) in [5, 5.41) is 20.8. The van der Waals surface area contributed by atoms with Crippen molar-refractivity contribution in [3.05, 3.63) is 66.7 Å². The molecule has 0 aliphatic rings. The Hall–Kier alpha value is -3.16. The number of nitro benzene ring substituents is 2. The fourth-order valence-corrected chi connectivity index (χ4v) is 1.96. The third kappa shape index (κ3) is 4.42. The van der Waals surface area contributed by atoms with Crippen LogP contribution in [0, 0.1) is 47.9 Å². The highest BCUT2D eigenvalue weighted by molar-refractivity contribution is 5.61. The van der Waals surface area contributed by atoms with Crippen molar-refractivity contribution in [2.45, 2.75) is 27.7 Å². The molecule has 0 atom stereocenters. The van der Waals surface area contributed by atoms with Gasteiger partial charge in [0.2, 0.25) is 0 Å². The van der Waals surface area contributed by atoms with Crippen LogP contribution in [0.5, 0.6) is 0 Å². The van der Waals surface area contributed by atoms with E-state index in [4.69, 9.17) is 11.5 Å². The lowest BCUT2D eigenvalue weighted by Gasteiger charge is -2.01. The van der Waals surface area contributed by atoms with E-state index in [1.807, 2.05) is 27.7 Å². The summed E-state index contributed by atoms with van der Waals surface area (Å²) in [5.74, 6) is 0. The standard InChI is InChI=1S/2C8H10N2O2/c2*1-5-3-7(9)8(10(11)12)4-6(5)2/h2*3-4H,9H2,1-2H3. The van der Waals surface area contributed by atoms with Gasteiger partial charge in [-0.25, -0.2) is 0 Å². The first-order valence-corrected chi connectivity index (χ1v) is 7.06. The van der Waals surface area contributed by atoms with E-state index in [-0.39, 0.29) is 22.7 Å². The van der Waals surface area contributed by atoms with Gasteiger partial charge >= 0.3 is 0 Å². The van der Waals surface area contributed by atoms with Gasteiger partial charge in [-0.15, -0.1) is 0 Å². The van der Waals surface area contributed by atoms with Crippen molar-refractivity contribution in [1.82, 2.24) is 0 Å². The van der Waals surface area contributed by atoms with Crippen LogP contribution in [0.25, 0.3) is 0 Å². The minimum Gasteiger partial charge on any atom is -0.393 e. The van der Waals surface area contributed by atoms with Gasteiger partial charge < -0.3 is 11.5 Å². The second-order valence-electron chi connectivity index (χ2n) is 5.50. The lowest BCUT2D eigenvalue weighted by atomic mass is 10.1. The number of hydrogen-bond donors (Lipinski definition) is 2. The monoisotopic (exact) mass is 332 g/mol. The highest BCUT2D eigenvalue weighted by atomic mass is 16.6. The van der Waals surface area contributed by atoms with Crippen LogP contribution in [0.2, 0.25) is 0 Å². The molecule has 0 heterocycles. The van der Waals surface area contributed by atoms with Gasteiger partial charge in [0.1, 0.15) is 11.4 Å². The SMILES string of the molecule is Cc1cc(N)c([N+](=O)[O-])cc1C.Cc1cc(N)c([N+](=O)[O-])cc1C. The van der Waals surface area contributed by atoms with Gasteiger partial charge in [-0.1, -0.05) is 0 Å². The third-order valence-corrected chi connectivity index (χ3v) is 3.68. The van der Waals surface area contributed by atoms with Crippen molar-refractivity contribution < 1.29 is 9.85 Å². The predicted octanol–water partition coefficient (Wildman–Crippen LogP) is 3.59. The van der Waals surface area contributed by atoms with Gasteiger partial charge in [-0.05, 0) is 62.1 Å². The number of rotatable bonds is 2. The molecule has 8 heteroatoms. The molecule has 0 fully saturated rings. The molecule has 4 N–H and O–H groups in total. The zero-order valence-electron chi connectivity index (χ0n) is 14.0. The summed E-state index contributed by atoms with van der Waals surface area (Å²) in [6.07, 6.45) is 0. The summed E-state index contributed by atoms with van der Waals surface area (Å²) in [7, 11) is 0. The molecule has 0 bridgehead atoms. The quantitative estimate of drug-likeness (QED) is 0.489. The van der Waals surface area contributed by atoms with Crippen molar-refractivity contribution in [2.75, 3.05) is 11.5 Å². The van der Waals surface area contributed by atoms with Gasteiger partial charge in [-0.3, -0.25) is 20.2 Å². The first-order valence-electron chi connectivity index (χ1n) is 7.06. The van der Waals surface area contributed by atoms with Crippen LogP contribution in [0.4, 0.5) is 22.7 Å². The van der Waals surface area contributed by atoms with Gasteiger partial charge in [0.05, 0.1) is 9.85 Å². The van der Waals surface area contributed by atoms with Crippen molar-refractivity contribution in [3.8, 4) is 0 Å². The van der Waals surface area contributed by atoms with E-state index in [0.29, 0.717) is 0 Å². The molecule has 128 valence electrons. The fraction of sp³-hybridized carbons (Fsp3) is 0.250. The van der Waals surface area contributed by atoms with Crippen LogP contribution < -0.4 is 11.5 Å². The number of aryl methyl sites for hydroxylation is 4. The number of nitro groups is 2. The first-order chi connectivity index (χ1) is 11.0. The molecule has 0 saturated heterocycles. The Morgan fingerprint density at radius 2 is 0.917 bits per heavy atom. The molecule has 0 spiro atoms. The van der Waals surface area contributed by atoms with E-state index in [9.17, 15) is 20.2 Å². The van der Waals surface area contributed by atoms with Crippen LogP contribution in [0.3, 0.4) is 0 Å². The lowest BCUT2D eigenvalue weighted by molar-refractivity contribution is -0.384. The summed E-state index contributed by atoms with van der Waals surface area (Å²) < 4.78 is 0. The number of nitrogens with zero attached hydrogens (tertiary/aromatic N) is 2. The highest BCUT2D eigenvalue weighted by Gasteiger charge is 2.12. The Labute approximate surface area is 139 Å². The smallest absolute Gasteiger partial charge is 0.292 e. The van der Waals surface area contributed by atoms with Crippen molar-refractivity contribution in [2.24, 2.45) is 0 Å². The van der Waals surface area contributed by atoms with E-state index in [1.54, 1.807) is 12.1 Å². The number of hydrogen-bond acceptors (Lipinski definition) is 6. The molecule has 0 aliphatic heterocycles. The molecule has 0 unspecified atom stereocenters. The summed E-state index contributed by atoms with van der Waals surface area (Å²) in [5.41, 5.74) is 15.0. The molecule has 0 aliphatic carbocycles. The Balaban J connectivity index is 0.000000240. The van der Waals surface area contributed by atoms with Crippen LogP contribution in [0.1, 0.15) is 22.3 Å². The third-order valence-electron chi connectivity index (χ3n) is 3.68. The zero-order chi connectivity index (χ0) is 18.6. The van der Waals surface area contributed by atoms with E-state index in [2.05, 4.69) is 0 Å². The van der Waals surface area contributed by atoms with Gasteiger partial charge in [0.25, 0.3) is 11.4 Å². The van der Waals surface area contributed by atoms with E-state index in [1.165, 1.54) is 12.1 Å². The lowest BCUT2D eigenvalue weighted by Crippen LogP contribution is -1.97. The van der Waals surface area contributed by atoms with Crippen LogP contribution in [0.15, 0.2) is 24.3 Å². The maximum absolute atomic E-state index is 10.4. The zero-order valence-corrected chi connectivity index (χ0v) is 14.0. The van der Waals surface area contributed by atoms with Crippen molar-refractivity contribution in [3.63, 3.8) is 0 Å². The van der Waals surface area contributed by atoms with E-state index in [0.717, 1.165) is 22.3 Å². The Morgan fingerprint density at radius 3 is 1.17 bits per heavy atom. The van der Waals surface area contributed by atoms with Gasteiger partial charge in [0, 0.05) is 12.1 Å². The van der Waals surface area contributed by atoms with Gasteiger partial charge in [-0.2, -0.15) is 0 Å². The minimum atomic E-state index is -0.470. The largest absolute Gasteiger partial charge is 0.393 e. The van der Waals surface area contributed by atoms with Crippen LogP contribution >= 0.6 is 0 Å². The summed E-state index contributed by atoms with van der Waals surface area (Å²) >= 11 is 0. The molecule has 8 nitrogen and oxygen atoms in total. The van der Waals surface area contributed by atoms with Gasteiger partial charge in [0.15, 0.2) is 0 Å². The predicted molar refractivity (Wildman–Crippen MR) is 94.0 cm³/mol.